The van der Waals surface area contributed by atoms with Gasteiger partial charge in [-0.3, -0.25) is 0 Å². The molecule has 1 fully saturated rings. The maximum Gasteiger partial charge on any atom is 0.127 e. The SMILES string of the molecule is CN(Cc1ccc(Oc2ccc(Br)cc2)cc1)CC1CCCN1. The molecule has 4 heteroatoms. The van der Waals surface area contributed by atoms with E-state index in [-0.39, 0.29) is 0 Å². The maximum atomic E-state index is 5.86. The normalized spacial score (nSPS) is 17.6. The van der Waals surface area contributed by atoms with Gasteiger partial charge in [0.15, 0.2) is 0 Å². The zero-order valence-electron chi connectivity index (χ0n) is 13.5. The van der Waals surface area contributed by atoms with E-state index in [1.807, 2.05) is 36.4 Å². The van der Waals surface area contributed by atoms with Gasteiger partial charge in [0.25, 0.3) is 0 Å². The number of nitrogens with zero attached hydrogens (tertiary/aromatic N) is 1. The van der Waals surface area contributed by atoms with Crippen LogP contribution in [0.2, 0.25) is 0 Å². The summed E-state index contributed by atoms with van der Waals surface area (Å²) >= 11 is 3.43. The Morgan fingerprint density at radius 1 is 1.09 bits per heavy atom. The van der Waals surface area contributed by atoms with Crippen molar-refractivity contribution in [2.24, 2.45) is 0 Å². The fourth-order valence-electron chi connectivity index (χ4n) is 2.97. The molecule has 3 nitrogen and oxygen atoms in total. The predicted molar refractivity (Wildman–Crippen MR) is 98.0 cm³/mol. The monoisotopic (exact) mass is 374 g/mol. The van der Waals surface area contributed by atoms with E-state index in [1.165, 1.54) is 24.9 Å². The number of rotatable bonds is 6. The molecule has 1 aliphatic rings. The van der Waals surface area contributed by atoms with E-state index >= 15 is 0 Å². The van der Waals surface area contributed by atoms with E-state index in [2.05, 4.69) is 45.3 Å². The fourth-order valence-corrected chi connectivity index (χ4v) is 3.23. The summed E-state index contributed by atoms with van der Waals surface area (Å²) in [6, 6.07) is 16.9. The first kappa shape index (κ1) is 16.5. The second kappa shape index (κ2) is 7.95. The summed E-state index contributed by atoms with van der Waals surface area (Å²) in [6.45, 7) is 3.24. The lowest BCUT2D eigenvalue weighted by molar-refractivity contribution is 0.293. The highest BCUT2D eigenvalue weighted by Crippen LogP contribution is 2.23. The van der Waals surface area contributed by atoms with Crippen molar-refractivity contribution in [1.82, 2.24) is 10.2 Å². The lowest BCUT2D eigenvalue weighted by Crippen LogP contribution is -2.34. The van der Waals surface area contributed by atoms with Crippen LogP contribution in [0, 0.1) is 0 Å². The number of ether oxygens (including phenoxy) is 1. The molecular weight excluding hydrogens is 352 g/mol. The number of nitrogens with one attached hydrogen (secondary N) is 1. The summed E-state index contributed by atoms with van der Waals surface area (Å²) in [4.78, 5) is 2.38. The van der Waals surface area contributed by atoms with Crippen LogP contribution in [0.4, 0.5) is 0 Å². The smallest absolute Gasteiger partial charge is 0.127 e. The molecule has 1 saturated heterocycles. The molecule has 122 valence electrons. The Morgan fingerprint density at radius 2 is 1.74 bits per heavy atom. The molecule has 1 atom stereocenters. The van der Waals surface area contributed by atoms with Crippen LogP contribution in [-0.4, -0.2) is 31.1 Å². The van der Waals surface area contributed by atoms with Crippen molar-refractivity contribution >= 4 is 15.9 Å². The second-order valence-corrected chi connectivity index (χ2v) is 7.11. The minimum atomic E-state index is 0.653. The lowest BCUT2D eigenvalue weighted by Gasteiger charge is -2.21. The molecule has 0 amide bonds. The molecule has 2 aromatic carbocycles. The van der Waals surface area contributed by atoms with Crippen LogP contribution >= 0.6 is 15.9 Å². The van der Waals surface area contributed by atoms with Crippen molar-refractivity contribution in [2.75, 3.05) is 20.1 Å². The van der Waals surface area contributed by atoms with Crippen molar-refractivity contribution in [1.29, 1.82) is 0 Å². The molecule has 0 radical (unpaired) electrons. The molecule has 23 heavy (non-hydrogen) atoms. The average Bonchev–Trinajstić information content (AvgIpc) is 3.04. The van der Waals surface area contributed by atoms with Gasteiger partial charge in [-0.1, -0.05) is 28.1 Å². The van der Waals surface area contributed by atoms with Gasteiger partial charge in [0.1, 0.15) is 11.5 Å². The Balaban J connectivity index is 1.52. The van der Waals surface area contributed by atoms with E-state index in [0.717, 1.165) is 29.1 Å². The second-order valence-electron chi connectivity index (χ2n) is 6.19. The van der Waals surface area contributed by atoms with Gasteiger partial charge in [0, 0.05) is 23.6 Å². The van der Waals surface area contributed by atoms with Gasteiger partial charge in [0.05, 0.1) is 0 Å². The number of likely N-dealkylation sites (N-methyl/N-ethyl adjacent to an activating group) is 1. The van der Waals surface area contributed by atoms with Crippen LogP contribution in [0.3, 0.4) is 0 Å². The van der Waals surface area contributed by atoms with Gasteiger partial charge in [0.2, 0.25) is 0 Å². The molecule has 3 rings (SSSR count). The Morgan fingerprint density at radius 3 is 2.35 bits per heavy atom. The van der Waals surface area contributed by atoms with E-state index in [9.17, 15) is 0 Å². The average molecular weight is 375 g/mol. The highest BCUT2D eigenvalue weighted by Gasteiger charge is 2.15. The van der Waals surface area contributed by atoms with Gasteiger partial charge in [-0.05, 0) is 68.4 Å². The molecule has 2 aromatic rings. The first-order chi connectivity index (χ1) is 11.2. The molecule has 0 spiro atoms. The van der Waals surface area contributed by atoms with Crippen LogP contribution in [0.25, 0.3) is 0 Å². The molecule has 1 heterocycles. The van der Waals surface area contributed by atoms with Gasteiger partial charge < -0.3 is 15.0 Å². The standard InChI is InChI=1S/C19H23BrN2O/c1-22(14-17-3-2-12-21-17)13-15-4-8-18(9-5-15)23-19-10-6-16(20)7-11-19/h4-11,17,21H,2-3,12-14H2,1H3. The summed E-state index contributed by atoms with van der Waals surface area (Å²) in [6.07, 6.45) is 2.60. The van der Waals surface area contributed by atoms with E-state index in [4.69, 9.17) is 4.74 Å². The molecular formula is C19H23BrN2O. The first-order valence-electron chi connectivity index (χ1n) is 8.13. The van der Waals surface area contributed by atoms with Crippen molar-refractivity contribution in [3.63, 3.8) is 0 Å². The molecule has 1 aliphatic heterocycles. The summed E-state index contributed by atoms with van der Waals surface area (Å²) in [5, 5.41) is 3.55. The van der Waals surface area contributed by atoms with Crippen molar-refractivity contribution in [2.45, 2.75) is 25.4 Å². The third-order valence-corrected chi connectivity index (χ3v) is 4.65. The van der Waals surface area contributed by atoms with Crippen molar-refractivity contribution in [3.8, 4) is 11.5 Å². The molecule has 1 unspecified atom stereocenters. The zero-order valence-corrected chi connectivity index (χ0v) is 15.1. The summed E-state index contributed by atoms with van der Waals surface area (Å²) in [5.41, 5.74) is 1.31. The first-order valence-corrected chi connectivity index (χ1v) is 8.92. The molecule has 0 bridgehead atoms. The van der Waals surface area contributed by atoms with Gasteiger partial charge >= 0.3 is 0 Å². The summed E-state index contributed by atoms with van der Waals surface area (Å²) < 4.78 is 6.91. The quantitative estimate of drug-likeness (QED) is 0.809. The Bertz CT molecular complexity index is 606. The third kappa shape index (κ3) is 5.06. The minimum absolute atomic E-state index is 0.653. The maximum absolute atomic E-state index is 5.86. The fraction of sp³-hybridized carbons (Fsp3) is 0.368. The predicted octanol–water partition coefficient (Wildman–Crippen LogP) is 4.43. The van der Waals surface area contributed by atoms with Crippen LogP contribution in [-0.2, 0) is 6.54 Å². The largest absolute Gasteiger partial charge is 0.457 e. The van der Waals surface area contributed by atoms with E-state index < -0.39 is 0 Å². The van der Waals surface area contributed by atoms with Crippen LogP contribution in [0.1, 0.15) is 18.4 Å². The highest BCUT2D eigenvalue weighted by atomic mass is 79.9. The van der Waals surface area contributed by atoms with Gasteiger partial charge in [-0.2, -0.15) is 0 Å². The highest BCUT2D eigenvalue weighted by molar-refractivity contribution is 9.10. The Kier molecular flexibility index (Phi) is 5.70. The summed E-state index contributed by atoms with van der Waals surface area (Å²) in [7, 11) is 2.19. The van der Waals surface area contributed by atoms with Gasteiger partial charge in [-0.15, -0.1) is 0 Å². The van der Waals surface area contributed by atoms with Crippen LogP contribution in [0.5, 0.6) is 11.5 Å². The number of halogens is 1. The van der Waals surface area contributed by atoms with E-state index in [0.29, 0.717) is 6.04 Å². The third-order valence-electron chi connectivity index (χ3n) is 4.12. The topological polar surface area (TPSA) is 24.5 Å². The van der Waals surface area contributed by atoms with E-state index in [1.54, 1.807) is 0 Å². The van der Waals surface area contributed by atoms with Crippen molar-refractivity contribution < 1.29 is 4.74 Å². The Labute approximate surface area is 146 Å². The summed E-state index contributed by atoms with van der Waals surface area (Å²) in [5.74, 6) is 1.72. The van der Waals surface area contributed by atoms with Gasteiger partial charge in [-0.25, -0.2) is 0 Å². The zero-order chi connectivity index (χ0) is 16.1. The molecule has 0 saturated carbocycles. The number of hydrogen-bond donors (Lipinski definition) is 1. The lowest BCUT2D eigenvalue weighted by atomic mass is 10.2. The number of hydrogen-bond acceptors (Lipinski definition) is 3. The van der Waals surface area contributed by atoms with Crippen LogP contribution < -0.4 is 10.1 Å². The number of benzene rings is 2. The van der Waals surface area contributed by atoms with Crippen molar-refractivity contribution in [3.05, 3.63) is 58.6 Å². The Hall–Kier alpha value is -1.36. The molecule has 0 aromatic heterocycles. The minimum Gasteiger partial charge on any atom is -0.457 e. The van der Waals surface area contributed by atoms with Crippen LogP contribution in [0.15, 0.2) is 53.0 Å². The molecule has 0 aliphatic carbocycles. The molecule has 1 N–H and O–H groups in total.